The van der Waals surface area contributed by atoms with Gasteiger partial charge in [-0.25, -0.2) is 0 Å². The van der Waals surface area contributed by atoms with Crippen molar-refractivity contribution in [3.05, 3.63) is 66.4 Å². The molecule has 2 aromatic carbocycles. The molecule has 0 radical (unpaired) electrons. The summed E-state index contributed by atoms with van der Waals surface area (Å²) in [7, 11) is 1.87. The Morgan fingerprint density at radius 3 is 2.52 bits per heavy atom. The first-order valence-electron chi connectivity index (χ1n) is 7.05. The molecule has 108 valence electrons. The number of aliphatic hydroxyl groups is 1. The maximum Gasteiger partial charge on any atom is 0.0865 e. The number of nitrogens with one attached hydrogen (secondary N) is 1. The quantitative estimate of drug-likeness (QED) is 0.753. The lowest BCUT2D eigenvalue weighted by Crippen LogP contribution is -2.47. The summed E-state index contributed by atoms with van der Waals surface area (Å²) in [5.41, 5.74) is 1.58. The minimum absolute atomic E-state index is 0.00169. The molecule has 3 aromatic rings. The highest BCUT2D eigenvalue weighted by Crippen LogP contribution is 2.24. The Bertz CT molecular complexity index is 717. The van der Waals surface area contributed by atoms with Gasteiger partial charge < -0.3 is 10.4 Å². The minimum atomic E-state index is -0.546. The summed E-state index contributed by atoms with van der Waals surface area (Å²) < 4.78 is 1.94. The van der Waals surface area contributed by atoms with Gasteiger partial charge in [-0.15, -0.1) is 0 Å². The molecule has 21 heavy (non-hydrogen) atoms. The topological polar surface area (TPSA) is 50.1 Å². The van der Waals surface area contributed by atoms with Crippen LogP contribution in [-0.2, 0) is 12.1 Å². The molecule has 1 atom stereocenters. The lowest BCUT2D eigenvalue weighted by Gasteiger charge is -2.32. The third-order valence-electron chi connectivity index (χ3n) is 4.05. The Labute approximate surface area is 124 Å². The lowest BCUT2D eigenvalue weighted by molar-refractivity contribution is 0.147. The normalized spacial score (nSPS) is 14.2. The Morgan fingerprint density at radius 1 is 1.10 bits per heavy atom. The van der Waals surface area contributed by atoms with Gasteiger partial charge in [0.05, 0.1) is 30.4 Å². The highest BCUT2D eigenvalue weighted by Gasteiger charge is 2.31. The Balaban J connectivity index is 2.03. The summed E-state index contributed by atoms with van der Waals surface area (Å²) >= 11 is 0. The van der Waals surface area contributed by atoms with Gasteiger partial charge in [0.15, 0.2) is 0 Å². The molecule has 0 spiro atoms. The van der Waals surface area contributed by atoms with Crippen molar-refractivity contribution in [3.8, 4) is 0 Å². The first kappa shape index (κ1) is 13.8. The minimum Gasteiger partial charge on any atom is -0.394 e. The number of aliphatic hydroxyl groups excluding tert-OH is 1. The summed E-state index contributed by atoms with van der Waals surface area (Å²) in [6, 6.07) is 18.1. The van der Waals surface area contributed by atoms with Crippen molar-refractivity contribution in [1.82, 2.24) is 15.1 Å². The van der Waals surface area contributed by atoms with Gasteiger partial charge in [0.25, 0.3) is 0 Å². The molecule has 0 fully saturated rings. The van der Waals surface area contributed by atoms with Gasteiger partial charge in [-0.2, -0.15) is 5.10 Å². The van der Waals surface area contributed by atoms with Crippen molar-refractivity contribution in [1.29, 1.82) is 0 Å². The lowest BCUT2D eigenvalue weighted by atomic mass is 9.90. The number of fused-ring (bicyclic) bond motifs is 1. The van der Waals surface area contributed by atoms with Gasteiger partial charge in [0, 0.05) is 5.39 Å². The van der Waals surface area contributed by atoms with Crippen molar-refractivity contribution in [2.45, 2.75) is 12.1 Å². The number of likely N-dealkylation sites (N-methyl/N-ethyl adjacent to an activating group) is 1. The standard InChI is InChI=1S/C17H19N3O/c1-18-17(13-21,15-8-3-2-4-9-15)12-20-16-10-6-5-7-14(16)11-19-20/h2-11,18,21H,12-13H2,1H3. The Hall–Kier alpha value is -2.17. The fraction of sp³-hybridized carbons (Fsp3) is 0.235. The van der Waals surface area contributed by atoms with E-state index in [1.165, 1.54) is 0 Å². The predicted molar refractivity (Wildman–Crippen MR) is 84.0 cm³/mol. The second-order valence-electron chi connectivity index (χ2n) is 5.22. The van der Waals surface area contributed by atoms with E-state index in [1.54, 1.807) is 0 Å². The van der Waals surface area contributed by atoms with Crippen LogP contribution in [0.5, 0.6) is 0 Å². The van der Waals surface area contributed by atoms with Gasteiger partial charge >= 0.3 is 0 Å². The molecule has 1 aromatic heterocycles. The third kappa shape index (κ3) is 2.44. The number of benzene rings is 2. The van der Waals surface area contributed by atoms with Crippen LogP contribution in [0, 0.1) is 0 Å². The molecule has 0 saturated heterocycles. The molecule has 0 amide bonds. The molecule has 0 bridgehead atoms. The van der Waals surface area contributed by atoms with Crippen LogP contribution >= 0.6 is 0 Å². The van der Waals surface area contributed by atoms with E-state index in [-0.39, 0.29) is 6.61 Å². The number of para-hydroxylation sites is 1. The maximum atomic E-state index is 10.00. The van der Waals surface area contributed by atoms with E-state index < -0.39 is 5.54 Å². The summed E-state index contributed by atoms with van der Waals surface area (Å²) in [6.45, 7) is 0.569. The SMILES string of the molecule is CNC(CO)(Cn1ncc2ccccc21)c1ccccc1. The summed E-state index contributed by atoms with van der Waals surface area (Å²) in [5, 5.41) is 18.8. The molecular weight excluding hydrogens is 262 g/mol. The van der Waals surface area contributed by atoms with Crippen LogP contribution in [0.15, 0.2) is 60.8 Å². The molecular formula is C17H19N3O. The summed E-state index contributed by atoms with van der Waals surface area (Å²) in [6.07, 6.45) is 1.86. The molecule has 1 heterocycles. The van der Waals surface area contributed by atoms with Crippen LogP contribution in [0.3, 0.4) is 0 Å². The zero-order chi connectivity index (χ0) is 14.7. The number of hydrogen-bond acceptors (Lipinski definition) is 3. The molecule has 0 aliphatic carbocycles. The zero-order valence-electron chi connectivity index (χ0n) is 12.0. The summed E-state index contributed by atoms with van der Waals surface area (Å²) in [5.74, 6) is 0. The fourth-order valence-electron chi connectivity index (χ4n) is 2.70. The maximum absolute atomic E-state index is 10.00. The first-order chi connectivity index (χ1) is 10.3. The van der Waals surface area contributed by atoms with Gasteiger partial charge in [-0.05, 0) is 18.7 Å². The van der Waals surface area contributed by atoms with Crippen molar-refractivity contribution >= 4 is 10.9 Å². The molecule has 0 saturated carbocycles. The van der Waals surface area contributed by atoms with Crippen LogP contribution in [0.4, 0.5) is 0 Å². The Kier molecular flexibility index (Phi) is 3.73. The number of nitrogens with zero attached hydrogens (tertiary/aromatic N) is 2. The van der Waals surface area contributed by atoms with E-state index in [0.29, 0.717) is 6.54 Å². The highest BCUT2D eigenvalue weighted by atomic mass is 16.3. The number of rotatable bonds is 5. The monoisotopic (exact) mass is 281 g/mol. The Morgan fingerprint density at radius 2 is 1.81 bits per heavy atom. The molecule has 0 aliphatic rings. The number of aromatic nitrogens is 2. The van der Waals surface area contributed by atoms with Gasteiger partial charge in [0.1, 0.15) is 0 Å². The average Bonchev–Trinajstić information content (AvgIpc) is 2.96. The van der Waals surface area contributed by atoms with E-state index in [4.69, 9.17) is 0 Å². The van der Waals surface area contributed by atoms with Crippen molar-refractivity contribution < 1.29 is 5.11 Å². The molecule has 4 nitrogen and oxygen atoms in total. The van der Waals surface area contributed by atoms with Gasteiger partial charge in [-0.1, -0.05) is 48.5 Å². The fourth-order valence-corrected chi connectivity index (χ4v) is 2.70. The summed E-state index contributed by atoms with van der Waals surface area (Å²) in [4.78, 5) is 0. The smallest absolute Gasteiger partial charge is 0.0865 e. The molecule has 1 unspecified atom stereocenters. The predicted octanol–water partition coefficient (Wildman–Crippen LogP) is 2.14. The van der Waals surface area contributed by atoms with Crippen molar-refractivity contribution in [2.24, 2.45) is 0 Å². The van der Waals surface area contributed by atoms with E-state index in [1.807, 2.05) is 72.5 Å². The van der Waals surface area contributed by atoms with Gasteiger partial charge in [0.2, 0.25) is 0 Å². The van der Waals surface area contributed by atoms with E-state index in [2.05, 4.69) is 10.4 Å². The molecule has 2 N–H and O–H groups in total. The van der Waals surface area contributed by atoms with Crippen LogP contribution in [0.1, 0.15) is 5.56 Å². The van der Waals surface area contributed by atoms with Crippen LogP contribution < -0.4 is 5.32 Å². The van der Waals surface area contributed by atoms with Crippen LogP contribution in [0.25, 0.3) is 10.9 Å². The van der Waals surface area contributed by atoms with E-state index >= 15 is 0 Å². The highest BCUT2D eigenvalue weighted by molar-refractivity contribution is 5.78. The van der Waals surface area contributed by atoms with E-state index in [9.17, 15) is 5.11 Å². The van der Waals surface area contributed by atoms with Crippen LogP contribution in [0.2, 0.25) is 0 Å². The second kappa shape index (κ2) is 5.68. The molecule has 4 heteroatoms. The largest absolute Gasteiger partial charge is 0.394 e. The molecule has 0 aliphatic heterocycles. The van der Waals surface area contributed by atoms with Crippen molar-refractivity contribution in [2.75, 3.05) is 13.7 Å². The number of hydrogen-bond donors (Lipinski definition) is 2. The molecule has 3 rings (SSSR count). The van der Waals surface area contributed by atoms with Crippen LogP contribution in [-0.4, -0.2) is 28.5 Å². The second-order valence-corrected chi connectivity index (χ2v) is 5.22. The zero-order valence-corrected chi connectivity index (χ0v) is 12.0. The average molecular weight is 281 g/mol. The first-order valence-corrected chi connectivity index (χ1v) is 7.05. The third-order valence-corrected chi connectivity index (χ3v) is 4.05. The van der Waals surface area contributed by atoms with Crippen molar-refractivity contribution in [3.63, 3.8) is 0 Å². The van der Waals surface area contributed by atoms with E-state index in [0.717, 1.165) is 16.5 Å². The van der Waals surface area contributed by atoms with Gasteiger partial charge in [-0.3, -0.25) is 4.68 Å².